The van der Waals surface area contributed by atoms with Crippen molar-refractivity contribution in [3.8, 4) is 0 Å². The normalized spacial score (nSPS) is 10.4. The summed E-state index contributed by atoms with van der Waals surface area (Å²) in [5.41, 5.74) is 6.27. The molecule has 0 fully saturated rings. The smallest absolute Gasteiger partial charge is 0.336 e. The molecule has 0 heterocycles. The highest BCUT2D eigenvalue weighted by Crippen LogP contribution is 1.95. The lowest BCUT2D eigenvalue weighted by Crippen LogP contribution is -2.57. The molecule has 0 unspecified atom stereocenters. The van der Waals surface area contributed by atoms with E-state index >= 15 is 0 Å². The molecular formula is C11H19B5O3. The molecule has 0 saturated heterocycles. The van der Waals surface area contributed by atoms with Crippen LogP contribution in [0.5, 0.6) is 0 Å². The average Bonchev–Trinajstić information content (AvgIpc) is 2.39. The van der Waals surface area contributed by atoms with E-state index < -0.39 is 0 Å². The molecule has 0 atom stereocenters. The lowest BCUT2D eigenvalue weighted by molar-refractivity contribution is 0.0496. The van der Waals surface area contributed by atoms with Crippen LogP contribution < -0.4 is 27.3 Å². The Bertz CT molecular complexity index is 461. The van der Waals surface area contributed by atoms with E-state index in [0.717, 1.165) is 21.9 Å². The molecule has 0 saturated carbocycles. The molecule has 0 aliphatic heterocycles. The zero-order valence-corrected chi connectivity index (χ0v) is 12.6. The third-order valence-corrected chi connectivity index (χ3v) is 3.99. The Morgan fingerprint density at radius 2 is 1.37 bits per heavy atom. The van der Waals surface area contributed by atoms with Crippen LogP contribution in [0, 0.1) is 0 Å². The van der Waals surface area contributed by atoms with Crippen molar-refractivity contribution < 1.29 is 14.6 Å². The highest BCUT2D eigenvalue weighted by Gasteiger charge is 2.18. The molecular weight excluding hydrogens is 234 g/mol. The van der Waals surface area contributed by atoms with Gasteiger partial charge in [0.15, 0.2) is 0 Å². The van der Waals surface area contributed by atoms with Crippen molar-refractivity contribution in [2.45, 2.75) is 12.8 Å². The summed E-state index contributed by atoms with van der Waals surface area (Å²) in [5.74, 6) is -0.251. The average molecular weight is 253 g/mol. The highest BCUT2D eigenvalue weighted by molar-refractivity contribution is 6.68. The van der Waals surface area contributed by atoms with Gasteiger partial charge in [0.2, 0.25) is 0 Å². The number of rotatable bonds is 5. The topological polar surface area (TPSA) is 46.5 Å². The van der Waals surface area contributed by atoms with Crippen molar-refractivity contribution in [1.29, 1.82) is 0 Å². The predicted octanol–water partition coefficient (Wildman–Crippen LogP) is -7.09. The SMILES string of the molecule is Bc1c(B)c(B)c(C(=O)OCCCCO)c(B)c1B. The Kier molecular flexibility index (Phi) is 5.86. The summed E-state index contributed by atoms with van der Waals surface area (Å²) in [4.78, 5) is 12.2. The van der Waals surface area contributed by atoms with Gasteiger partial charge >= 0.3 is 5.97 Å². The van der Waals surface area contributed by atoms with E-state index in [4.69, 9.17) is 9.84 Å². The summed E-state index contributed by atoms with van der Waals surface area (Å²) < 4.78 is 5.29. The molecule has 8 heteroatoms. The van der Waals surface area contributed by atoms with Crippen LogP contribution in [-0.2, 0) is 4.74 Å². The molecule has 1 rings (SSSR count). The molecule has 0 amide bonds. The van der Waals surface area contributed by atoms with Gasteiger partial charge in [-0.15, -0.1) is 16.4 Å². The van der Waals surface area contributed by atoms with Gasteiger partial charge in [0.05, 0.1) is 6.61 Å². The second kappa shape index (κ2) is 6.94. The van der Waals surface area contributed by atoms with Crippen LogP contribution in [0.3, 0.4) is 0 Å². The first kappa shape index (κ1) is 16.0. The van der Waals surface area contributed by atoms with Gasteiger partial charge in [0.1, 0.15) is 39.2 Å². The number of carbonyl (C=O) groups excluding carboxylic acids is 1. The molecule has 0 aliphatic carbocycles. The maximum atomic E-state index is 12.2. The zero-order chi connectivity index (χ0) is 14.6. The number of carbonyl (C=O) groups is 1. The van der Waals surface area contributed by atoms with Gasteiger partial charge in [0, 0.05) is 12.2 Å². The molecule has 0 aliphatic rings. The first-order chi connectivity index (χ1) is 8.91. The van der Waals surface area contributed by atoms with Crippen molar-refractivity contribution in [1.82, 2.24) is 0 Å². The number of ether oxygens (including phenoxy) is 1. The van der Waals surface area contributed by atoms with Crippen LogP contribution >= 0.6 is 0 Å². The van der Waals surface area contributed by atoms with Crippen LogP contribution in [0.15, 0.2) is 0 Å². The number of hydrogen-bond acceptors (Lipinski definition) is 3. The van der Waals surface area contributed by atoms with E-state index in [1.54, 1.807) is 0 Å². The minimum absolute atomic E-state index is 0.137. The zero-order valence-electron chi connectivity index (χ0n) is 12.6. The van der Waals surface area contributed by atoms with Crippen molar-refractivity contribution >= 4 is 72.5 Å². The van der Waals surface area contributed by atoms with Crippen molar-refractivity contribution in [2.75, 3.05) is 13.2 Å². The molecule has 0 radical (unpaired) electrons. The second-order valence-corrected chi connectivity index (χ2v) is 5.07. The minimum Gasteiger partial charge on any atom is -0.462 e. The van der Waals surface area contributed by atoms with Crippen LogP contribution in [0.25, 0.3) is 0 Å². The summed E-state index contributed by atoms with van der Waals surface area (Å²) in [5, 5.41) is 8.70. The fourth-order valence-corrected chi connectivity index (χ4v) is 2.26. The predicted molar refractivity (Wildman–Crippen MR) is 93.9 cm³/mol. The fraction of sp³-hybridized carbons (Fsp3) is 0.364. The lowest BCUT2D eigenvalue weighted by Gasteiger charge is -2.19. The Hall–Kier alpha value is -1.03. The van der Waals surface area contributed by atoms with Gasteiger partial charge in [-0.05, 0) is 12.8 Å². The molecule has 1 aromatic carbocycles. The van der Waals surface area contributed by atoms with Gasteiger partial charge in [0.25, 0.3) is 0 Å². The molecule has 0 bridgehead atoms. The van der Waals surface area contributed by atoms with Crippen molar-refractivity contribution in [2.24, 2.45) is 0 Å². The third kappa shape index (κ3) is 3.50. The molecule has 3 nitrogen and oxygen atoms in total. The van der Waals surface area contributed by atoms with Gasteiger partial charge in [-0.3, -0.25) is 0 Å². The Morgan fingerprint density at radius 3 is 1.84 bits per heavy atom. The fourth-order valence-electron chi connectivity index (χ4n) is 2.26. The van der Waals surface area contributed by atoms with Gasteiger partial charge in [-0.1, -0.05) is 10.9 Å². The standard InChI is InChI=1S/C11H19B5O3/c12-6-5(11(18)19-4-2-1-3-17)7(13)9(15)10(16)8(6)14/h17H,1-4,12-16H2. The number of esters is 1. The van der Waals surface area contributed by atoms with E-state index in [2.05, 4.69) is 7.85 Å². The molecule has 1 aromatic rings. The second-order valence-electron chi connectivity index (χ2n) is 5.07. The number of aliphatic hydroxyl groups is 1. The van der Waals surface area contributed by atoms with E-state index in [-0.39, 0.29) is 12.6 Å². The van der Waals surface area contributed by atoms with Crippen molar-refractivity contribution in [3.05, 3.63) is 5.56 Å². The number of benzene rings is 1. The van der Waals surface area contributed by atoms with Crippen LogP contribution in [0.1, 0.15) is 23.2 Å². The quantitative estimate of drug-likeness (QED) is 0.322. The summed E-state index contributed by atoms with van der Waals surface area (Å²) in [6.45, 7) is 0.503. The number of unbranched alkanes of at least 4 members (excludes halogenated alkanes) is 1. The Morgan fingerprint density at radius 1 is 0.895 bits per heavy atom. The monoisotopic (exact) mass is 254 g/mol. The summed E-state index contributed by atoms with van der Waals surface area (Å²) in [6.07, 6.45) is 1.36. The molecule has 0 aromatic heterocycles. The number of aliphatic hydroxyl groups excluding tert-OH is 1. The lowest BCUT2D eigenvalue weighted by atomic mass is 9.60. The first-order valence-corrected chi connectivity index (χ1v) is 6.76. The molecule has 19 heavy (non-hydrogen) atoms. The van der Waals surface area contributed by atoms with E-state index in [1.165, 1.54) is 5.46 Å². The van der Waals surface area contributed by atoms with E-state index in [9.17, 15) is 4.79 Å². The van der Waals surface area contributed by atoms with Crippen LogP contribution in [0.2, 0.25) is 0 Å². The van der Waals surface area contributed by atoms with Gasteiger partial charge in [-0.2, -0.15) is 0 Å². The molecule has 1 N–H and O–H groups in total. The maximum absolute atomic E-state index is 12.2. The van der Waals surface area contributed by atoms with Crippen LogP contribution in [0.4, 0.5) is 0 Å². The number of hydrogen-bond donors (Lipinski definition) is 1. The van der Waals surface area contributed by atoms with E-state index in [0.29, 0.717) is 25.0 Å². The first-order valence-electron chi connectivity index (χ1n) is 6.76. The maximum Gasteiger partial charge on any atom is 0.336 e. The summed E-state index contributed by atoms with van der Waals surface area (Å²) in [7, 11) is 10.1. The Balaban J connectivity index is 2.97. The van der Waals surface area contributed by atoms with E-state index in [1.807, 2.05) is 31.4 Å². The Labute approximate surface area is 119 Å². The molecule has 96 valence electrons. The highest BCUT2D eigenvalue weighted by atomic mass is 16.5. The summed E-state index contributed by atoms with van der Waals surface area (Å²) in [6, 6.07) is 0. The minimum atomic E-state index is -0.251. The largest absolute Gasteiger partial charge is 0.462 e. The van der Waals surface area contributed by atoms with Gasteiger partial charge < -0.3 is 9.84 Å². The molecule has 0 spiro atoms. The van der Waals surface area contributed by atoms with Crippen LogP contribution in [-0.4, -0.2) is 63.5 Å². The van der Waals surface area contributed by atoms with Gasteiger partial charge in [-0.25, -0.2) is 4.79 Å². The summed E-state index contributed by atoms with van der Waals surface area (Å²) >= 11 is 0. The van der Waals surface area contributed by atoms with Crippen molar-refractivity contribution in [3.63, 3.8) is 0 Å². The third-order valence-electron chi connectivity index (χ3n) is 3.99.